The molecule has 0 aliphatic rings. The quantitative estimate of drug-likeness (QED) is 0.918. The Bertz CT molecular complexity index is 544. The number of amides is 1. The lowest BCUT2D eigenvalue weighted by Crippen LogP contribution is -2.23. The third-order valence-corrected chi connectivity index (χ3v) is 3.39. The van der Waals surface area contributed by atoms with Crippen LogP contribution in [0.2, 0.25) is 0 Å². The van der Waals surface area contributed by atoms with Crippen LogP contribution < -0.4 is 5.32 Å². The average Bonchev–Trinajstić information content (AvgIpc) is 2.94. The maximum atomic E-state index is 12.0. The second-order valence-corrected chi connectivity index (χ2v) is 5.24. The summed E-state index contributed by atoms with van der Waals surface area (Å²) < 4.78 is 1.72. The SMILES string of the molecule is CC(C)c1ncsc1C(=O)NCc1ccn(C)n1. The molecule has 0 bridgehead atoms. The van der Waals surface area contributed by atoms with Crippen molar-refractivity contribution in [3.63, 3.8) is 0 Å². The minimum absolute atomic E-state index is 0.0770. The molecule has 1 N–H and O–H groups in total. The van der Waals surface area contributed by atoms with E-state index in [2.05, 4.69) is 15.4 Å². The van der Waals surface area contributed by atoms with Crippen molar-refractivity contribution in [2.75, 3.05) is 0 Å². The van der Waals surface area contributed by atoms with Gasteiger partial charge in [-0.3, -0.25) is 9.48 Å². The number of hydrogen-bond acceptors (Lipinski definition) is 4. The van der Waals surface area contributed by atoms with Crippen LogP contribution in [-0.2, 0) is 13.6 Å². The van der Waals surface area contributed by atoms with Gasteiger partial charge < -0.3 is 5.32 Å². The predicted molar refractivity (Wildman–Crippen MR) is 70.6 cm³/mol. The van der Waals surface area contributed by atoms with Crippen LogP contribution in [0.5, 0.6) is 0 Å². The maximum absolute atomic E-state index is 12.0. The number of hydrogen-bond donors (Lipinski definition) is 1. The summed E-state index contributed by atoms with van der Waals surface area (Å²) in [5.41, 5.74) is 3.42. The third kappa shape index (κ3) is 2.76. The van der Waals surface area contributed by atoms with Crippen LogP contribution in [0.4, 0.5) is 0 Å². The van der Waals surface area contributed by atoms with Gasteiger partial charge in [0.15, 0.2) is 0 Å². The number of rotatable bonds is 4. The summed E-state index contributed by atoms with van der Waals surface area (Å²) in [6.45, 7) is 4.50. The van der Waals surface area contributed by atoms with Crippen LogP contribution >= 0.6 is 11.3 Å². The molecule has 2 heterocycles. The summed E-state index contributed by atoms with van der Waals surface area (Å²) in [6.07, 6.45) is 1.85. The van der Waals surface area contributed by atoms with Crippen molar-refractivity contribution < 1.29 is 4.79 Å². The van der Waals surface area contributed by atoms with Gasteiger partial charge in [-0.15, -0.1) is 11.3 Å². The molecule has 0 fully saturated rings. The first-order chi connectivity index (χ1) is 8.58. The Hall–Kier alpha value is -1.69. The Balaban J connectivity index is 2.01. The molecule has 0 spiro atoms. The molecule has 0 atom stereocenters. The summed E-state index contributed by atoms with van der Waals surface area (Å²) >= 11 is 1.38. The number of nitrogens with zero attached hydrogens (tertiary/aromatic N) is 3. The Morgan fingerprint density at radius 2 is 2.33 bits per heavy atom. The van der Waals surface area contributed by atoms with Crippen LogP contribution in [0.25, 0.3) is 0 Å². The molecule has 0 saturated heterocycles. The Morgan fingerprint density at radius 1 is 1.56 bits per heavy atom. The molecule has 0 aromatic carbocycles. The van der Waals surface area contributed by atoms with Gasteiger partial charge in [-0.25, -0.2) is 4.98 Å². The lowest BCUT2D eigenvalue weighted by molar-refractivity contribution is 0.0953. The number of nitrogens with one attached hydrogen (secondary N) is 1. The van der Waals surface area contributed by atoms with Crippen molar-refractivity contribution >= 4 is 17.2 Å². The number of thiazole rings is 1. The molecule has 18 heavy (non-hydrogen) atoms. The number of carbonyl (C=O) groups is 1. The van der Waals surface area contributed by atoms with Crippen molar-refractivity contribution in [3.05, 3.63) is 34.0 Å². The summed E-state index contributed by atoms with van der Waals surface area (Å²) in [5.74, 6) is 0.179. The Labute approximate surface area is 110 Å². The van der Waals surface area contributed by atoms with Crippen LogP contribution in [-0.4, -0.2) is 20.7 Å². The Kier molecular flexibility index (Phi) is 3.76. The maximum Gasteiger partial charge on any atom is 0.263 e. The van der Waals surface area contributed by atoms with Gasteiger partial charge in [-0.2, -0.15) is 5.10 Å². The van der Waals surface area contributed by atoms with E-state index < -0.39 is 0 Å². The van der Waals surface area contributed by atoms with Crippen LogP contribution in [0, 0.1) is 0 Å². The van der Waals surface area contributed by atoms with Crippen LogP contribution in [0.1, 0.15) is 40.8 Å². The molecule has 5 nitrogen and oxygen atoms in total. The van der Waals surface area contributed by atoms with E-state index in [1.54, 1.807) is 10.2 Å². The molecule has 0 saturated carbocycles. The van der Waals surface area contributed by atoms with E-state index in [1.165, 1.54) is 11.3 Å². The molecule has 2 aromatic heterocycles. The fourth-order valence-corrected chi connectivity index (χ4v) is 2.50. The van der Waals surface area contributed by atoms with Crippen molar-refractivity contribution in [2.45, 2.75) is 26.3 Å². The zero-order valence-corrected chi connectivity index (χ0v) is 11.5. The van der Waals surface area contributed by atoms with Gasteiger partial charge in [0.25, 0.3) is 5.91 Å². The van der Waals surface area contributed by atoms with E-state index in [0.717, 1.165) is 11.4 Å². The highest BCUT2D eigenvalue weighted by Gasteiger charge is 2.16. The van der Waals surface area contributed by atoms with Gasteiger partial charge in [0.1, 0.15) is 4.88 Å². The third-order valence-electron chi connectivity index (χ3n) is 2.55. The van der Waals surface area contributed by atoms with Crippen LogP contribution in [0.3, 0.4) is 0 Å². The lowest BCUT2D eigenvalue weighted by Gasteiger charge is -2.05. The topological polar surface area (TPSA) is 59.8 Å². The van der Waals surface area contributed by atoms with E-state index in [9.17, 15) is 4.79 Å². The lowest BCUT2D eigenvalue weighted by atomic mass is 10.1. The first kappa shape index (κ1) is 12.8. The molecule has 0 radical (unpaired) electrons. The normalized spacial score (nSPS) is 10.9. The second kappa shape index (κ2) is 5.30. The van der Waals surface area contributed by atoms with Gasteiger partial charge in [0.05, 0.1) is 23.4 Å². The van der Waals surface area contributed by atoms with Crippen molar-refractivity contribution in [3.8, 4) is 0 Å². The smallest absolute Gasteiger partial charge is 0.263 e. The minimum atomic E-state index is -0.0770. The van der Waals surface area contributed by atoms with Gasteiger partial charge in [-0.05, 0) is 12.0 Å². The van der Waals surface area contributed by atoms with Gasteiger partial charge >= 0.3 is 0 Å². The zero-order valence-electron chi connectivity index (χ0n) is 10.7. The predicted octanol–water partition coefficient (Wildman–Crippen LogP) is 1.93. The van der Waals surface area contributed by atoms with Crippen LogP contribution in [0.15, 0.2) is 17.8 Å². The van der Waals surface area contributed by atoms with Gasteiger partial charge in [-0.1, -0.05) is 13.8 Å². The van der Waals surface area contributed by atoms with Crippen molar-refractivity contribution in [1.82, 2.24) is 20.1 Å². The molecule has 1 amide bonds. The van der Waals surface area contributed by atoms with Crippen molar-refractivity contribution in [2.24, 2.45) is 7.05 Å². The molecule has 2 aromatic rings. The van der Waals surface area contributed by atoms with Gasteiger partial charge in [0.2, 0.25) is 0 Å². The highest BCUT2D eigenvalue weighted by Crippen LogP contribution is 2.21. The van der Waals surface area contributed by atoms with E-state index in [4.69, 9.17) is 0 Å². The molecular formula is C12H16N4OS. The van der Waals surface area contributed by atoms with Crippen molar-refractivity contribution in [1.29, 1.82) is 0 Å². The summed E-state index contributed by atoms with van der Waals surface area (Å²) in [6, 6.07) is 1.89. The summed E-state index contributed by atoms with van der Waals surface area (Å²) in [7, 11) is 1.85. The zero-order chi connectivity index (χ0) is 13.1. The standard InChI is InChI=1S/C12H16N4OS/c1-8(2)10-11(18-7-14-10)12(17)13-6-9-4-5-16(3)15-9/h4-5,7-8H,6H2,1-3H3,(H,13,17). The number of aryl methyl sites for hydroxylation is 1. The molecule has 2 rings (SSSR count). The highest BCUT2D eigenvalue weighted by atomic mass is 32.1. The largest absolute Gasteiger partial charge is 0.346 e. The fraction of sp³-hybridized carbons (Fsp3) is 0.417. The molecule has 0 unspecified atom stereocenters. The first-order valence-electron chi connectivity index (χ1n) is 5.78. The fourth-order valence-electron chi connectivity index (χ4n) is 1.64. The molecule has 96 valence electrons. The second-order valence-electron chi connectivity index (χ2n) is 4.38. The summed E-state index contributed by atoms with van der Waals surface area (Å²) in [5, 5.41) is 7.08. The molecule has 0 aliphatic carbocycles. The van der Waals surface area contributed by atoms with E-state index in [1.807, 2.05) is 33.2 Å². The molecular weight excluding hydrogens is 248 g/mol. The minimum Gasteiger partial charge on any atom is -0.346 e. The van der Waals surface area contributed by atoms with E-state index in [-0.39, 0.29) is 11.8 Å². The van der Waals surface area contributed by atoms with Gasteiger partial charge in [0, 0.05) is 13.2 Å². The Morgan fingerprint density at radius 3 is 2.94 bits per heavy atom. The summed E-state index contributed by atoms with van der Waals surface area (Å²) in [4.78, 5) is 17.0. The number of aromatic nitrogens is 3. The number of carbonyl (C=O) groups excluding carboxylic acids is 1. The first-order valence-corrected chi connectivity index (χ1v) is 6.66. The monoisotopic (exact) mass is 264 g/mol. The van der Waals surface area contributed by atoms with E-state index >= 15 is 0 Å². The molecule has 6 heteroatoms. The molecule has 0 aliphatic heterocycles. The average molecular weight is 264 g/mol. The van der Waals surface area contributed by atoms with E-state index in [0.29, 0.717) is 11.4 Å². The highest BCUT2D eigenvalue weighted by molar-refractivity contribution is 7.11.